The van der Waals surface area contributed by atoms with Gasteiger partial charge in [0.25, 0.3) is 0 Å². The number of hydrogen-bond donors (Lipinski definition) is 3. The Labute approximate surface area is 185 Å². The van der Waals surface area contributed by atoms with Gasteiger partial charge in [0, 0.05) is 11.7 Å². The number of rotatable bonds is 7. The van der Waals surface area contributed by atoms with Crippen molar-refractivity contribution in [3.8, 4) is 0 Å². The molecule has 0 radical (unpaired) electrons. The monoisotopic (exact) mass is 409 g/mol. The second kappa shape index (κ2) is 9.78. The zero-order valence-corrected chi connectivity index (χ0v) is 18.0. The summed E-state index contributed by atoms with van der Waals surface area (Å²) in [6.07, 6.45) is 8.26. The summed E-state index contributed by atoms with van der Waals surface area (Å²) in [6, 6.07) is 27.3. The minimum absolute atomic E-state index is 0.0820. The maximum Gasteiger partial charge on any atom is 0.0815 e. The van der Waals surface area contributed by atoms with Gasteiger partial charge in [-0.2, -0.15) is 0 Å². The van der Waals surface area contributed by atoms with E-state index in [0.717, 1.165) is 24.1 Å². The Morgan fingerprint density at radius 1 is 0.935 bits per heavy atom. The molecule has 0 saturated carbocycles. The van der Waals surface area contributed by atoms with Gasteiger partial charge in [-0.25, -0.2) is 0 Å². The smallest absolute Gasteiger partial charge is 0.0815 e. The fourth-order valence-electron chi connectivity index (χ4n) is 4.15. The number of nitrogens with one attached hydrogen (secondary N) is 1. The number of benzene rings is 3. The summed E-state index contributed by atoms with van der Waals surface area (Å²) in [4.78, 5) is 0. The van der Waals surface area contributed by atoms with Crippen LogP contribution in [0.2, 0.25) is 0 Å². The molecule has 3 nitrogen and oxygen atoms in total. The number of hydrogen-bond acceptors (Lipinski definition) is 3. The van der Waals surface area contributed by atoms with Crippen LogP contribution in [0.25, 0.3) is 5.57 Å². The highest BCUT2D eigenvalue weighted by Crippen LogP contribution is 2.29. The van der Waals surface area contributed by atoms with Crippen molar-refractivity contribution in [1.29, 1.82) is 0 Å². The first-order chi connectivity index (χ1) is 15.1. The standard InChI is InChI=1S/C28H31N3/c1-20-7-5-10-23(17-20)24-11-6-12-25(19-24)28(30)31-27(18-21-8-3-2-4-9-21)22-13-15-26(29)16-14-22/h2-16,19-20,27-28,31H,17-18,29-30H2,1H3/t20?,27-,28?/m1/s1. The van der Waals surface area contributed by atoms with Crippen LogP contribution in [-0.4, -0.2) is 0 Å². The summed E-state index contributed by atoms with van der Waals surface area (Å²) in [5.74, 6) is 0.566. The molecular weight excluding hydrogens is 378 g/mol. The minimum atomic E-state index is -0.275. The lowest BCUT2D eigenvalue weighted by Crippen LogP contribution is -2.33. The van der Waals surface area contributed by atoms with Gasteiger partial charge in [0.05, 0.1) is 6.17 Å². The summed E-state index contributed by atoms with van der Waals surface area (Å²) >= 11 is 0. The number of nitrogen functional groups attached to an aromatic ring is 1. The molecule has 0 aliphatic heterocycles. The number of anilines is 1. The predicted molar refractivity (Wildman–Crippen MR) is 131 cm³/mol. The van der Waals surface area contributed by atoms with Crippen LogP contribution in [0.3, 0.4) is 0 Å². The van der Waals surface area contributed by atoms with Crippen LogP contribution in [0, 0.1) is 5.92 Å². The Kier molecular flexibility index (Phi) is 6.66. The zero-order chi connectivity index (χ0) is 21.6. The van der Waals surface area contributed by atoms with E-state index in [1.807, 2.05) is 18.2 Å². The highest BCUT2D eigenvalue weighted by atomic mass is 15.0. The van der Waals surface area contributed by atoms with Gasteiger partial charge in [0.2, 0.25) is 0 Å². The van der Waals surface area contributed by atoms with Gasteiger partial charge >= 0.3 is 0 Å². The second-order valence-electron chi connectivity index (χ2n) is 8.44. The third-order valence-electron chi connectivity index (χ3n) is 5.90. The second-order valence-corrected chi connectivity index (χ2v) is 8.44. The first-order valence-corrected chi connectivity index (χ1v) is 11.0. The topological polar surface area (TPSA) is 64.1 Å². The predicted octanol–water partition coefficient (Wildman–Crippen LogP) is 5.78. The molecule has 1 aliphatic rings. The summed E-state index contributed by atoms with van der Waals surface area (Å²) in [5.41, 5.74) is 19.5. The Morgan fingerprint density at radius 2 is 1.71 bits per heavy atom. The highest BCUT2D eigenvalue weighted by molar-refractivity contribution is 5.69. The highest BCUT2D eigenvalue weighted by Gasteiger charge is 2.18. The molecule has 3 aromatic carbocycles. The van der Waals surface area contributed by atoms with Crippen molar-refractivity contribution in [3.05, 3.63) is 119 Å². The average molecular weight is 410 g/mol. The Balaban J connectivity index is 1.56. The van der Waals surface area contributed by atoms with Crippen molar-refractivity contribution in [1.82, 2.24) is 5.32 Å². The van der Waals surface area contributed by atoms with E-state index >= 15 is 0 Å². The fourth-order valence-corrected chi connectivity index (χ4v) is 4.15. The molecular formula is C28H31N3. The van der Waals surface area contributed by atoms with Crippen LogP contribution in [0.15, 0.2) is 97.1 Å². The summed E-state index contributed by atoms with van der Waals surface area (Å²) < 4.78 is 0. The molecule has 3 aromatic rings. The fraction of sp³-hybridized carbons (Fsp3) is 0.214. The molecule has 0 spiro atoms. The molecule has 4 rings (SSSR count). The van der Waals surface area contributed by atoms with Crippen LogP contribution in [0.5, 0.6) is 0 Å². The molecule has 0 aromatic heterocycles. The van der Waals surface area contributed by atoms with Crippen molar-refractivity contribution in [3.63, 3.8) is 0 Å². The van der Waals surface area contributed by atoms with Crippen molar-refractivity contribution in [2.24, 2.45) is 11.7 Å². The van der Waals surface area contributed by atoms with E-state index < -0.39 is 0 Å². The first-order valence-electron chi connectivity index (χ1n) is 11.0. The third kappa shape index (κ3) is 5.52. The van der Waals surface area contributed by atoms with Gasteiger partial charge in [0.15, 0.2) is 0 Å². The lowest BCUT2D eigenvalue weighted by Gasteiger charge is -2.25. The zero-order valence-electron chi connectivity index (χ0n) is 18.0. The maximum atomic E-state index is 6.67. The Morgan fingerprint density at radius 3 is 2.45 bits per heavy atom. The molecule has 158 valence electrons. The SMILES string of the molecule is CC1C=CC=C(c2cccc(C(N)N[C@H](Cc3ccccc3)c3ccc(N)cc3)c2)C1. The van der Waals surface area contributed by atoms with Crippen molar-refractivity contribution in [2.75, 3.05) is 5.73 Å². The van der Waals surface area contributed by atoms with Crippen LogP contribution >= 0.6 is 0 Å². The average Bonchev–Trinajstić information content (AvgIpc) is 2.80. The van der Waals surface area contributed by atoms with Crippen molar-refractivity contribution < 1.29 is 0 Å². The number of nitrogens with two attached hydrogens (primary N) is 2. The first kappa shape index (κ1) is 21.1. The van der Waals surface area contributed by atoms with E-state index in [4.69, 9.17) is 11.5 Å². The van der Waals surface area contributed by atoms with Crippen LogP contribution in [0.4, 0.5) is 5.69 Å². The molecule has 1 aliphatic carbocycles. The molecule has 0 heterocycles. The van der Waals surface area contributed by atoms with Crippen LogP contribution in [-0.2, 0) is 6.42 Å². The van der Waals surface area contributed by atoms with Gasteiger partial charge in [-0.1, -0.05) is 85.8 Å². The maximum absolute atomic E-state index is 6.67. The van der Waals surface area contributed by atoms with Gasteiger partial charge < -0.3 is 11.5 Å². The molecule has 5 N–H and O–H groups in total. The summed E-state index contributed by atoms with van der Waals surface area (Å²) in [6.45, 7) is 2.25. The molecule has 3 heteroatoms. The van der Waals surface area contributed by atoms with Gasteiger partial charge in [-0.05, 0) is 64.8 Å². The Bertz CT molecular complexity index is 1050. The quantitative estimate of drug-likeness (QED) is 0.342. The van der Waals surface area contributed by atoms with E-state index in [0.29, 0.717) is 5.92 Å². The van der Waals surface area contributed by atoms with E-state index in [1.54, 1.807) is 0 Å². The normalized spacial score (nSPS) is 17.7. The van der Waals surface area contributed by atoms with E-state index in [-0.39, 0.29) is 12.2 Å². The molecule has 0 amide bonds. The van der Waals surface area contributed by atoms with Gasteiger partial charge in [-0.3, -0.25) is 5.32 Å². The molecule has 0 saturated heterocycles. The van der Waals surface area contributed by atoms with Crippen LogP contribution < -0.4 is 16.8 Å². The summed E-state index contributed by atoms with van der Waals surface area (Å²) in [7, 11) is 0. The Hall–Kier alpha value is -3.14. The molecule has 31 heavy (non-hydrogen) atoms. The molecule has 0 bridgehead atoms. The lowest BCUT2D eigenvalue weighted by molar-refractivity contribution is 0.451. The van der Waals surface area contributed by atoms with Crippen molar-refractivity contribution in [2.45, 2.75) is 32.0 Å². The lowest BCUT2D eigenvalue weighted by atomic mass is 9.90. The minimum Gasteiger partial charge on any atom is -0.399 e. The van der Waals surface area contributed by atoms with Gasteiger partial charge in [0.1, 0.15) is 0 Å². The van der Waals surface area contributed by atoms with Crippen molar-refractivity contribution >= 4 is 11.3 Å². The summed E-state index contributed by atoms with van der Waals surface area (Å²) in [5, 5.41) is 3.66. The van der Waals surface area contributed by atoms with Gasteiger partial charge in [-0.15, -0.1) is 0 Å². The van der Waals surface area contributed by atoms with E-state index in [1.165, 1.54) is 22.3 Å². The molecule has 3 atom stereocenters. The van der Waals surface area contributed by atoms with E-state index in [9.17, 15) is 0 Å². The molecule has 0 fully saturated rings. The third-order valence-corrected chi connectivity index (χ3v) is 5.90. The number of allylic oxidation sites excluding steroid dienone is 4. The molecule has 2 unspecified atom stereocenters. The van der Waals surface area contributed by atoms with Crippen LogP contribution in [0.1, 0.15) is 47.8 Å². The van der Waals surface area contributed by atoms with E-state index in [2.05, 4.69) is 91.1 Å². The largest absolute Gasteiger partial charge is 0.399 e.